The molecule has 2 amide bonds. The van der Waals surface area contributed by atoms with Crippen molar-refractivity contribution in [1.82, 2.24) is 14.3 Å². The molecule has 0 saturated carbocycles. The number of hydrogen-bond acceptors (Lipinski definition) is 8. The van der Waals surface area contributed by atoms with Gasteiger partial charge in [0.15, 0.2) is 0 Å². The second-order valence-corrected chi connectivity index (χ2v) is 10.5. The number of hydrogen-bond donors (Lipinski definition) is 3. The van der Waals surface area contributed by atoms with Gasteiger partial charge in [0.2, 0.25) is 0 Å². The van der Waals surface area contributed by atoms with Gasteiger partial charge >= 0.3 is 6.03 Å². The molecule has 172 valence electrons. The SMILES string of the molecule is CNc1ccc2c(=O)n(-c3ccc(NC(=O)NS(=O)(=O)c4ccc(Cl)s4)cn3)cc(C#N)c2c1. The summed E-state index contributed by atoms with van der Waals surface area (Å²) in [5.41, 5.74) is 0.864. The van der Waals surface area contributed by atoms with Crippen molar-refractivity contribution in [2.45, 2.75) is 4.21 Å². The Balaban J connectivity index is 1.58. The number of nitriles is 1. The molecule has 0 unspecified atom stereocenters. The Morgan fingerprint density at radius 3 is 2.53 bits per heavy atom. The number of benzene rings is 1. The van der Waals surface area contributed by atoms with Crippen LogP contribution in [0.1, 0.15) is 5.56 Å². The van der Waals surface area contributed by atoms with Crippen LogP contribution in [-0.2, 0) is 10.0 Å². The molecule has 3 heterocycles. The number of fused-ring (bicyclic) bond motifs is 1. The largest absolute Gasteiger partial charge is 0.388 e. The average molecular weight is 515 g/mol. The highest BCUT2D eigenvalue weighted by molar-refractivity contribution is 7.92. The predicted octanol–water partition coefficient (Wildman–Crippen LogP) is 3.52. The first-order valence-electron chi connectivity index (χ1n) is 9.54. The third kappa shape index (κ3) is 4.58. The lowest BCUT2D eigenvalue weighted by atomic mass is 10.1. The Hall–Kier alpha value is -3.92. The summed E-state index contributed by atoms with van der Waals surface area (Å²) >= 11 is 6.56. The number of nitrogens with one attached hydrogen (secondary N) is 3. The van der Waals surface area contributed by atoms with Crippen LogP contribution in [0.25, 0.3) is 16.6 Å². The maximum Gasteiger partial charge on any atom is 0.333 e. The molecular weight excluding hydrogens is 500 g/mol. The summed E-state index contributed by atoms with van der Waals surface area (Å²) in [6.45, 7) is 0. The van der Waals surface area contributed by atoms with Gasteiger partial charge in [-0.3, -0.25) is 9.36 Å². The lowest BCUT2D eigenvalue weighted by Gasteiger charge is -2.11. The van der Waals surface area contributed by atoms with Crippen molar-refractivity contribution in [3.8, 4) is 11.9 Å². The van der Waals surface area contributed by atoms with Crippen molar-refractivity contribution >= 4 is 61.1 Å². The van der Waals surface area contributed by atoms with Gasteiger partial charge in [-0.05, 0) is 42.5 Å². The number of pyridine rings is 2. The lowest BCUT2D eigenvalue weighted by molar-refractivity contribution is 0.256. The van der Waals surface area contributed by atoms with E-state index in [4.69, 9.17) is 11.6 Å². The van der Waals surface area contributed by atoms with E-state index in [0.717, 1.165) is 17.0 Å². The van der Waals surface area contributed by atoms with Crippen LogP contribution >= 0.6 is 22.9 Å². The molecule has 3 aromatic heterocycles. The second kappa shape index (κ2) is 9.14. The minimum Gasteiger partial charge on any atom is -0.388 e. The molecule has 0 aliphatic carbocycles. The molecule has 1 aromatic carbocycles. The monoisotopic (exact) mass is 514 g/mol. The standard InChI is InChI=1S/C21H15ClN6O4S2/c1-24-13-2-4-15-16(8-13)12(9-23)11-28(20(15)29)18-6-3-14(10-25-18)26-21(30)27-34(31,32)19-7-5-17(22)33-19/h2-8,10-11,24H,1H3,(H2,26,27,30). The summed E-state index contributed by atoms with van der Waals surface area (Å²) in [4.78, 5) is 29.3. The Labute approximate surface area is 202 Å². The molecule has 34 heavy (non-hydrogen) atoms. The first kappa shape index (κ1) is 23.2. The van der Waals surface area contributed by atoms with Crippen LogP contribution in [0.2, 0.25) is 4.34 Å². The van der Waals surface area contributed by atoms with Gasteiger partial charge in [-0.1, -0.05) is 11.6 Å². The molecule has 0 bridgehead atoms. The predicted molar refractivity (Wildman–Crippen MR) is 130 cm³/mol. The van der Waals surface area contributed by atoms with Crippen molar-refractivity contribution in [2.75, 3.05) is 17.7 Å². The number of aromatic nitrogens is 2. The van der Waals surface area contributed by atoms with Crippen molar-refractivity contribution < 1.29 is 13.2 Å². The number of amides is 2. The summed E-state index contributed by atoms with van der Waals surface area (Å²) < 4.78 is 27.7. The maximum absolute atomic E-state index is 13.0. The highest BCUT2D eigenvalue weighted by Crippen LogP contribution is 2.25. The number of urea groups is 1. The molecule has 13 heteroatoms. The summed E-state index contributed by atoms with van der Waals surface area (Å²) in [6.07, 6.45) is 2.65. The zero-order valence-electron chi connectivity index (χ0n) is 17.4. The average Bonchev–Trinajstić information content (AvgIpc) is 3.27. The lowest BCUT2D eigenvalue weighted by Crippen LogP contribution is -2.34. The summed E-state index contributed by atoms with van der Waals surface area (Å²) in [6, 6.07) is 11.8. The maximum atomic E-state index is 13.0. The zero-order chi connectivity index (χ0) is 24.5. The fraction of sp³-hybridized carbons (Fsp3) is 0.0476. The molecule has 0 fully saturated rings. The number of nitrogens with zero attached hydrogens (tertiary/aromatic N) is 3. The van der Waals surface area contributed by atoms with Crippen LogP contribution < -0.4 is 20.9 Å². The molecule has 10 nitrogen and oxygen atoms in total. The molecule has 0 atom stereocenters. The van der Waals surface area contributed by atoms with E-state index in [1.807, 2.05) is 4.72 Å². The second-order valence-electron chi connectivity index (χ2n) is 6.86. The number of rotatable bonds is 5. The molecule has 0 saturated heterocycles. The normalized spacial score (nSPS) is 11.1. The van der Waals surface area contributed by atoms with E-state index in [-0.39, 0.29) is 31.2 Å². The molecule has 0 aliphatic rings. The molecule has 0 aliphatic heterocycles. The van der Waals surface area contributed by atoms with Crippen LogP contribution in [0.5, 0.6) is 0 Å². The summed E-state index contributed by atoms with van der Waals surface area (Å²) in [7, 11) is -2.34. The Morgan fingerprint density at radius 1 is 1.15 bits per heavy atom. The quantitative estimate of drug-likeness (QED) is 0.369. The smallest absolute Gasteiger partial charge is 0.333 e. The van der Waals surface area contributed by atoms with E-state index < -0.39 is 16.1 Å². The van der Waals surface area contributed by atoms with Crippen LogP contribution in [-0.4, -0.2) is 31.0 Å². The van der Waals surface area contributed by atoms with E-state index in [9.17, 15) is 23.3 Å². The third-order valence-corrected chi connectivity index (χ3v) is 7.77. The number of carbonyl (C=O) groups is 1. The van der Waals surface area contributed by atoms with Gasteiger partial charge in [0.1, 0.15) is 16.1 Å². The zero-order valence-corrected chi connectivity index (χ0v) is 19.8. The summed E-state index contributed by atoms with van der Waals surface area (Å²) in [5.74, 6) is 0.216. The van der Waals surface area contributed by atoms with Gasteiger partial charge in [0.05, 0.1) is 21.8 Å². The van der Waals surface area contributed by atoms with Crippen molar-refractivity contribution in [2.24, 2.45) is 0 Å². The molecular formula is C21H15ClN6O4S2. The minimum absolute atomic E-state index is 0.105. The minimum atomic E-state index is -4.08. The van der Waals surface area contributed by atoms with Crippen LogP contribution in [0.15, 0.2) is 63.9 Å². The van der Waals surface area contributed by atoms with E-state index in [0.29, 0.717) is 10.8 Å². The van der Waals surface area contributed by atoms with Crippen LogP contribution in [0, 0.1) is 11.3 Å². The highest BCUT2D eigenvalue weighted by Gasteiger charge is 2.20. The van der Waals surface area contributed by atoms with Gasteiger partial charge < -0.3 is 10.6 Å². The first-order valence-corrected chi connectivity index (χ1v) is 12.2. The highest BCUT2D eigenvalue weighted by atomic mass is 35.5. The van der Waals surface area contributed by atoms with Crippen molar-refractivity contribution in [3.05, 3.63) is 75.1 Å². The fourth-order valence-electron chi connectivity index (χ4n) is 3.13. The summed E-state index contributed by atoms with van der Waals surface area (Å²) in [5, 5.41) is 15.8. The molecule has 4 aromatic rings. The number of carbonyl (C=O) groups excluding carboxylic acids is 1. The first-order chi connectivity index (χ1) is 16.2. The van der Waals surface area contributed by atoms with E-state index in [2.05, 4.69) is 21.7 Å². The van der Waals surface area contributed by atoms with Gasteiger partial charge in [-0.15, -0.1) is 11.3 Å². The number of anilines is 2. The molecule has 0 spiro atoms. The Morgan fingerprint density at radius 2 is 1.91 bits per heavy atom. The van der Waals surface area contributed by atoms with Gasteiger partial charge in [0, 0.05) is 29.7 Å². The molecule has 4 rings (SSSR count). The van der Waals surface area contributed by atoms with Gasteiger partial charge in [-0.2, -0.15) is 5.26 Å². The Bertz CT molecular complexity index is 1620. The topological polar surface area (TPSA) is 146 Å². The third-order valence-electron chi connectivity index (χ3n) is 4.72. The van der Waals surface area contributed by atoms with E-state index >= 15 is 0 Å². The van der Waals surface area contributed by atoms with E-state index in [1.165, 1.54) is 41.2 Å². The van der Waals surface area contributed by atoms with E-state index in [1.54, 1.807) is 25.2 Å². The van der Waals surface area contributed by atoms with Crippen LogP contribution in [0.3, 0.4) is 0 Å². The van der Waals surface area contributed by atoms with Gasteiger partial charge in [0.25, 0.3) is 15.6 Å². The number of halogens is 1. The van der Waals surface area contributed by atoms with Crippen molar-refractivity contribution in [3.63, 3.8) is 0 Å². The fourth-order valence-corrected chi connectivity index (χ4v) is 5.52. The molecule has 3 N–H and O–H groups in total. The molecule has 0 radical (unpaired) electrons. The van der Waals surface area contributed by atoms with Gasteiger partial charge in [-0.25, -0.2) is 22.9 Å². The Kier molecular flexibility index (Phi) is 6.25. The van der Waals surface area contributed by atoms with Crippen molar-refractivity contribution in [1.29, 1.82) is 5.26 Å². The number of sulfonamides is 1. The number of thiophene rings is 1. The van der Waals surface area contributed by atoms with Crippen LogP contribution in [0.4, 0.5) is 16.2 Å².